The molecule has 17 heavy (non-hydrogen) atoms. The molecule has 0 atom stereocenters. The Balaban J connectivity index is 2.66. The molecule has 1 aromatic heterocycles. The van der Waals surface area contributed by atoms with Gasteiger partial charge in [0.25, 0.3) is 0 Å². The quantitative estimate of drug-likeness (QED) is 0.691. The van der Waals surface area contributed by atoms with Crippen molar-refractivity contribution >= 4 is 5.82 Å². The summed E-state index contributed by atoms with van der Waals surface area (Å²) in [4.78, 5) is 11.3. The third-order valence-corrected chi connectivity index (χ3v) is 2.93. The molecule has 3 nitrogen and oxygen atoms in total. The maximum atomic E-state index is 4.65. The topological polar surface area (TPSA) is 29.0 Å². The van der Waals surface area contributed by atoms with Crippen molar-refractivity contribution in [1.82, 2.24) is 9.97 Å². The highest BCUT2D eigenvalue weighted by atomic mass is 15.2. The molecule has 0 aliphatic carbocycles. The smallest absolute Gasteiger partial charge is 0.132 e. The molecule has 0 amide bonds. The lowest BCUT2D eigenvalue weighted by atomic mass is 10.2. The van der Waals surface area contributed by atoms with E-state index in [1.165, 1.54) is 25.7 Å². The van der Waals surface area contributed by atoms with Gasteiger partial charge in [0.05, 0.1) is 0 Å². The van der Waals surface area contributed by atoms with Crippen LogP contribution in [0, 0.1) is 0 Å². The average molecular weight is 235 g/mol. The summed E-state index contributed by atoms with van der Waals surface area (Å²) in [6.45, 7) is 8.72. The van der Waals surface area contributed by atoms with E-state index in [0.29, 0.717) is 0 Å². The summed E-state index contributed by atoms with van der Waals surface area (Å²) >= 11 is 0. The predicted molar refractivity (Wildman–Crippen MR) is 73.4 cm³/mol. The molecule has 3 heteroatoms. The molecule has 0 aliphatic rings. The van der Waals surface area contributed by atoms with Gasteiger partial charge in [0.1, 0.15) is 11.6 Å². The number of hydrogen-bond donors (Lipinski definition) is 0. The number of anilines is 1. The fourth-order valence-corrected chi connectivity index (χ4v) is 1.80. The van der Waals surface area contributed by atoms with Crippen LogP contribution in [0.15, 0.2) is 12.3 Å². The number of aryl methyl sites for hydroxylation is 1. The molecule has 0 bridgehead atoms. The maximum absolute atomic E-state index is 4.65. The first kappa shape index (κ1) is 13.9. The van der Waals surface area contributed by atoms with Crippen molar-refractivity contribution in [3.05, 3.63) is 18.1 Å². The van der Waals surface area contributed by atoms with Crippen LogP contribution in [0.5, 0.6) is 0 Å². The average Bonchev–Trinajstić information content (AvgIpc) is 2.38. The van der Waals surface area contributed by atoms with Crippen LogP contribution in [0.25, 0.3) is 0 Å². The first-order valence-corrected chi connectivity index (χ1v) is 6.88. The van der Waals surface area contributed by atoms with Gasteiger partial charge in [-0.3, -0.25) is 0 Å². The van der Waals surface area contributed by atoms with Crippen LogP contribution in [0.1, 0.15) is 52.3 Å². The SMILES string of the molecule is CCCCc1nccc(N(CC)CCCC)n1. The van der Waals surface area contributed by atoms with Crippen molar-refractivity contribution in [3.63, 3.8) is 0 Å². The van der Waals surface area contributed by atoms with Crippen LogP contribution >= 0.6 is 0 Å². The van der Waals surface area contributed by atoms with Gasteiger partial charge in [-0.25, -0.2) is 9.97 Å². The first-order valence-electron chi connectivity index (χ1n) is 6.88. The molecular weight excluding hydrogens is 210 g/mol. The second-order valence-electron chi connectivity index (χ2n) is 4.37. The molecule has 0 saturated carbocycles. The van der Waals surface area contributed by atoms with Gasteiger partial charge >= 0.3 is 0 Å². The molecule has 0 fully saturated rings. The van der Waals surface area contributed by atoms with Gasteiger partial charge < -0.3 is 4.90 Å². The monoisotopic (exact) mass is 235 g/mol. The molecule has 0 N–H and O–H groups in total. The van der Waals surface area contributed by atoms with E-state index >= 15 is 0 Å². The number of unbranched alkanes of at least 4 members (excludes halogenated alkanes) is 2. The highest BCUT2D eigenvalue weighted by Crippen LogP contribution is 2.11. The van der Waals surface area contributed by atoms with E-state index in [9.17, 15) is 0 Å². The van der Waals surface area contributed by atoms with Gasteiger partial charge in [0.2, 0.25) is 0 Å². The molecular formula is C14H25N3. The van der Waals surface area contributed by atoms with Crippen molar-refractivity contribution in [2.75, 3.05) is 18.0 Å². The zero-order valence-electron chi connectivity index (χ0n) is 11.4. The fourth-order valence-electron chi connectivity index (χ4n) is 1.80. The van der Waals surface area contributed by atoms with Gasteiger partial charge in [-0.2, -0.15) is 0 Å². The van der Waals surface area contributed by atoms with E-state index in [2.05, 4.69) is 35.6 Å². The third kappa shape index (κ3) is 4.72. The predicted octanol–water partition coefficient (Wildman–Crippen LogP) is 3.45. The van der Waals surface area contributed by atoms with E-state index in [4.69, 9.17) is 0 Å². The lowest BCUT2D eigenvalue weighted by Crippen LogP contribution is -2.25. The molecule has 0 unspecified atom stereocenters. The third-order valence-electron chi connectivity index (χ3n) is 2.93. The Morgan fingerprint density at radius 1 is 1.12 bits per heavy atom. The second-order valence-corrected chi connectivity index (χ2v) is 4.37. The fraction of sp³-hybridized carbons (Fsp3) is 0.714. The zero-order chi connectivity index (χ0) is 12.5. The van der Waals surface area contributed by atoms with Crippen molar-refractivity contribution in [2.24, 2.45) is 0 Å². The maximum Gasteiger partial charge on any atom is 0.132 e. The van der Waals surface area contributed by atoms with Crippen molar-refractivity contribution in [2.45, 2.75) is 52.9 Å². The van der Waals surface area contributed by atoms with Gasteiger partial charge in [-0.1, -0.05) is 26.7 Å². The number of hydrogen-bond acceptors (Lipinski definition) is 3. The van der Waals surface area contributed by atoms with Crippen LogP contribution in [-0.4, -0.2) is 23.1 Å². The van der Waals surface area contributed by atoms with Crippen LogP contribution < -0.4 is 4.90 Å². The summed E-state index contributed by atoms with van der Waals surface area (Å²) in [5, 5.41) is 0. The minimum Gasteiger partial charge on any atom is -0.357 e. The lowest BCUT2D eigenvalue weighted by Gasteiger charge is -2.21. The molecule has 1 rings (SSSR count). The normalized spacial score (nSPS) is 10.5. The summed E-state index contributed by atoms with van der Waals surface area (Å²) < 4.78 is 0. The van der Waals surface area contributed by atoms with Gasteiger partial charge in [-0.05, 0) is 25.8 Å². The van der Waals surface area contributed by atoms with E-state index in [0.717, 1.165) is 31.2 Å². The van der Waals surface area contributed by atoms with Crippen LogP contribution in [0.3, 0.4) is 0 Å². The highest BCUT2D eigenvalue weighted by molar-refractivity contribution is 5.37. The summed E-state index contributed by atoms with van der Waals surface area (Å²) in [7, 11) is 0. The molecule has 0 aliphatic heterocycles. The van der Waals surface area contributed by atoms with E-state index < -0.39 is 0 Å². The number of nitrogens with zero attached hydrogens (tertiary/aromatic N) is 3. The van der Waals surface area contributed by atoms with Gasteiger partial charge in [0, 0.05) is 25.7 Å². The van der Waals surface area contributed by atoms with Crippen molar-refractivity contribution in [3.8, 4) is 0 Å². The van der Waals surface area contributed by atoms with E-state index in [1.54, 1.807) is 0 Å². The lowest BCUT2D eigenvalue weighted by molar-refractivity contribution is 0.709. The minimum absolute atomic E-state index is 0.985. The van der Waals surface area contributed by atoms with Crippen molar-refractivity contribution < 1.29 is 0 Å². The number of aromatic nitrogens is 2. The second kappa shape index (κ2) is 8.04. The molecule has 0 saturated heterocycles. The molecule has 1 heterocycles. The Labute approximate surface area is 105 Å². The first-order chi connectivity index (χ1) is 8.31. The van der Waals surface area contributed by atoms with Gasteiger partial charge in [-0.15, -0.1) is 0 Å². The Morgan fingerprint density at radius 2 is 1.88 bits per heavy atom. The van der Waals surface area contributed by atoms with E-state index in [1.807, 2.05) is 12.3 Å². The molecule has 1 aromatic rings. The Kier molecular flexibility index (Phi) is 6.60. The standard InChI is InChI=1S/C14H25N3/c1-4-7-9-13-15-11-10-14(16-13)17(6-3)12-8-5-2/h10-11H,4-9,12H2,1-3H3. The summed E-state index contributed by atoms with van der Waals surface area (Å²) in [6.07, 6.45) is 7.70. The van der Waals surface area contributed by atoms with Crippen LogP contribution in [0.4, 0.5) is 5.82 Å². The van der Waals surface area contributed by atoms with Crippen molar-refractivity contribution in [1.29, 1.82) is 0 Å². The van der Waals surface area contributed by atoms with Gasteiger partial charge in [0.15, 0.2) is 0 Å². The minimum atomic E-state index is 0.985. The summed E-state index contributed by atoms with van der Waals surface area (Å²) in [5.74, 6) is 2.07. The Bertz CT molecular complexity index is 312. The van der Waals surface area contributed by atoms with Crippen LogP contribution in [0.2, 0.25) is 0 Å². The molecule has 0 radical (unpaired) electrons. The summed E-state index contributed by atoms with van der Waals surface area (Å²) in [5.41, 5.74) is 0. The highest BCUT2D eigenvalue weighted by Gasteiger charge is 2.06. The molecule has 96 valence electrons. The largest absolute Gasteiger partial charge is 0.357 e. The molecule has 0 spiro atoms. The summed E-state index contributed by atoms with van der Waals surface area (Å²) in [6, 6.07) is 2.02. The Hall–Kier alpha value is -1.12. The van der Waals surface area contributed by atoms with E-state index in [-0.39, 0.29) is 0 Å². The zero-order valence-corrected chi connectivity index (χ0v) is 11.4. The molecule has 0 aromatic carbocycles. The Morgan fingerprint density at radius 3 is 2.53 bits per heavy atom. The van der Waals surface area contributed by atoms with Crippen LogP contribution in [-0.2, 0) is 6.42 Å². The number of rotatable bonds is 8.